The van der Waals surface area contributed by atoms with Crippen LogP contribution < -0.4 is 5.32 Å². The summed E-state index contributed by atoms with van der Waals surface area (Å²) in [6, 6.07) is -0.926. The maximum Gasteiger partial charge on any atom is 0.200 e. The highest BCUT2D eigenvalue weighted by molar-refractivity contribution is 5.27. The Bertz CT molecular complexity index is 430. The summed E-state index contributed by atoms with van der Waals surface area (Å²) in [5.41, 5.74) is -0.792. The fourth-order valence-corrected chi connectivity index (χ4v) is 1.87. The second-order valence-corrected chi connectivity index (χ2v) is 4.66. The van der Waals surface area contributed by atoms with Crippen LogP contribution in [0.3, 0.4) is 0 Å². The second kappa shape index (κ2) is 6.32. The van der Waals surface area contributed by atoms with Crippen molar-refractivity contribution in [2.24, 2.45) is 5.92 Å². The van der Waals surface area contributed by atoms with Gasteiger partial charge in [-0.15, -0.1) is 0 Å². The van der Waals surface area contributed by atoms with Crippen LogP contribution in [0.4, 0.5) is 22.0 Å². The Labute approximate surface area is 108 Å². The minimum atomic E-state index is -2.13. The third kappa shape index (κ3) is 3.05. The Morgan fingerprint density at radius 3 is 1.63 bits per heavy atom. The summed E-state index contributed by atoms with van der Waals surface area (Å²) in [7, 11) is 0. The number of hydrogen-bond acceptors (Lipinski definition) is 1. The molecule has 0 bridgehead atoms. The molecule has 1 atom stereocenters. The molecule has 0 saturated carbocycles. The van der Waals surface area contributed by atoms with Gasteiger partial charge in [-0.05, 0) is 18.9 Å². The molecule has 1 aromatic rings. The Morgan fingerprint density at radius 1 is 0.842 bits per heavy atom. The van der Waals surface area contributed by atoms with E-state index in [9.17, 15) is 22.0 Å². The van der Waals surface area contributed by atoms with E-state index < -0.39 is 40.7 Å². The van der Waals surface area contributed by atoms with Crippen LogP contribution in [0.5, 0.6) is 0 Å². The molecule has 0 saturated heterocycles. The van der Waals surface area contributed by atoms with E-state index in [0.717, 1.165) is 0 Å². The van der Waals surface area contributed by atoms with E-state index in [1.54, 1.807) is 13.8 Å². The normalized spacial score (nSPS) is 13.1. The highest BCUT2D eigenvalue weighted by Gasteiger charge is 2.31. The first-order chi connectivity index (χ1) is 8.82. The monoisotopic (exact) mass is 281 g/mol. The molecule has 0 fully saturated rings. The van der Waals surface area contributed by atoms with E-state index in [0.29, 0.717) is 13.0 Å². The average Bonchev–Trinajstić information content (AvgIpc) is 2.37. The summed E-state index contributed by atoms with van der Waals surface area (Å²) in [4.78, 5) is 0. The van der Waals surface area contributed by atoms with Crippen molar-refractivity contribution >= 4 is 0 Å². The van der Waals surface area contributed by atoms with E-state index in [2.05, 4.69) is 5.32 Å². The van der Waals surface area contributed by atoms with Crippen LogP contribution in [0.15, 0.2) is 0 Å². The highest BCUT2D eigenvalue weighted by Crippen LogP contribution is 2.31. The Kier molecular flexibility index (Phi) is 5.29. The third-order valence-corrected chi connectivity index (χ3v) is 2.84. The summed E-state index contributed by atoms with van der Waals surface area (Å²) in [5.74, 6) is -9.79. The van der Waals surface area contributed by atoms with Crippen molar-refractivity contribution in [1.29, 1.82) is 0 Å². The van der Waals surface area contributed by atoms with Gasteiger partial charge in [-0.2, -0.15) is 0 Å². The number of benzene rings is 1. The largest absolute Gasteiger partial charge is 0.310 e. The van der Waals surface area contributed by atoms with Crippen molar-refractivity contribution in [1.82, 2.24) is 5.32 Å². The van der Waals surface area contributed by atoms with Crippen LogP contribution in [0.2, 0.25) is 0 Å². The quantitative estimate of drug-likeness (QED) is 0.487. The summed E-state index contributed by atoms with van der Waals surface area (Å²) >= 11 is 0. The van der Waals surface area contributed by atoms with Gasteiger partial charge in [-0.1, -0.05) is 20.8 Å². The Balaban J connectivity index is 3.38. The lowest BCUT2D eigenvalue weighted by Gasteiger charge is -2.24. The lowest BCUT2D eigenvalue weighted by atomic mass is 9.94. The van der Waals surface area contributed by atoms with Gasteiger partial charge in [0.25, 0.3) is 0 Å². The van der Waals surface area contributed by atoms with E-state index in [4.69, 9.17) is 0 Å². The second-order valence-electron chi connectivity index (χ2n) is 4.66. The smallest absolute Gasteiger partial charge is 0.200 e. The van der Waals surface area contributed by atoms with Gasteiger partial charge in [0.15, 0.2) is 23.3 Å². The zero-order valence-electron chi connectivity index (χ0n) is 11.0. The summed E-state index contributed by atoms with van der Waals surface area (Å²) < 4.78 is 66.6. The molecule has 6 heteroatoms. The van der Waals surface area contributed by atoms with Crippen molar-refractivity contribution in [2.75, 3.05) is 6.54 Å². The molecule has 1 nitrogen and oxygen atoms in total. The highest BCUT2D eigenvalue weighted by atomic mass is 19.2. The first-order valence-electron chi connectivity index (χ1n) is 6.07. The number of nitrogens with one attached hydrogen (secondary N) is 1. The van der Waals surface area contributed by atoms with Crippen LogP contribution in [0.25, 0.3) is 0 Å². The van der Waals surface area contributed by atoms with Crippen LogP contribution in [0.1, 0.15) is 38.8 Å². The van der Waals surface area contributed by atoms with Crippen LogP contribution in [0, 0.1) is 35.0 Å². The van der Waals surface area contributed by atoms with Gasteiger partial charge in [0.2, 0.25) is 5.82 Å². The molecule has 0 aromatic heterocycles. The fraction of sp³-hybridized carbons (Fsp3) is 0.538. The van der Waals surface area contributed by atoms with Gasteiger partial charge in [-0.3, -0.25) is 0 Å². The van der Waals surface area contributed by atoms with Crippen molar-refractivity contribution in [3.05, 3.63) is 34.6 Å². The van der Waals surface area contributed by atoms with Crippen LogP contribution >= 0.6 is 0 Å². The van der Waals surface area contributed by atoms with E-state index in [-0.39, 0.29) is 5.92 Å². The number of rotatable bonds is 5. The predicted octanol–water partition coefficient (Wildman–Crippen LogP) is 4.08. The minimum Gasteiger partial charge on any atom is -0.310 e. The molecule has 0 heterocycles. The minimum absolute atomic E-state index is 0.320. The van der Waals surface area contributed by atoms with Crippen molar-refractivity contribution in [2.45, 2.75) is 33.2 Å². The maximum atomic E-state index is 13.7. The average molecular weight is 281 g/mol. The molecule has 108 valence electrons. The maximum absolute atomic E-state index is 13.7. The predicted molar refractivity (Wildman–Crippen MR) is 62.1 cm³/mol. The molecule has 0 aliphatic carbocycles. The molecule has 1 aromatic carbocycles. The lowest BCUT2D eigenvalue weighted by molar-refractivity contribution is 0.332. The van der Waals surface area contributed by atoms with Gasteiger partial charge in [0, 0.05) is 11.6 Å². The van der Waals surface area contributed by atoms with Gasteiger partial charge in [0.05, 0.1) is 0 Å². The summed E-state index contributed by atoms with van der Waals surface area (Å²) in [6.45, 7) is 5.54. The van der Waals surface area contributed by atoms with Crippen LogP contribution in [-0.2, 0) is 0 Å². The molecule has 0 spiro atoms. The van der Waals surface area contributed by atoms with E-state index in [1.807, 2.05) is 6.92 Å². The van der Waals surface area contributed by atoms with E-state index >= 15 is 0 Å². The van der Waals surface area contributed by atoms with Gasteiger partial charge >= 0.3 is 0 Å². The van der Waals surface area contributed by atoms with Crippen molar-refractivity contribution in [3.8, 4) is 0 Å². The molecular formula is C13H16F5N. The molecule has 1 N–H and O–H groups in total. The van der Waals surface area contributed by atoms with Gasteiger partial charge in [-0.25, -0.2) is 22.0 Å². The standard InChI is InChI=1S/C13H16F5N/c1-4-5-19-13(6(2)3)7-8(14)10(16)12(18)11(17)9(7)15/h6,13,19H,4-5H2,1-3H3. The lowest BCUT2D eigenvalue weighted by Crippen LogP contribution is -2.29. The molecule has 0 radical (unpaired) electrons. The molecule has 1 rings (SSSR count). The first-order valence-corrected chi connectivity index (χ1v) is 6.07. The molecule has 0 aliphatic heterocycles. The fourth-order valence-electron chi connectivity index (χ4n) is 1.87. The topological polar surface area (TPSA) is 12.0 Å². The summed E-state index contributed by atoms with van der Waals surface area (Å²) in [6.07, 6.45) is 0.679. The number of halogens is 5. The third-order valence-electron chi connectivity index (χ3n) is 2.84. The SMILES string of the molecule is CCCNC(c1c(F)c(F)c(F)c(F)c1F)C(C)C. The molecule has 1 unspecified atom stereocenters. The molecule has 0 aliphatic rings. The molecule has 0 amide bonds. The van der Waals surface area contributed by atoms with Crippen LogP contribution in [-0.4, -0.2) is 6.54 Å². The number of hydrogen-bond donors (Lipinski definition) is 1. The Hall–Kier alpha value is -1.17. The van der Waals surface area contributed by atoms with Gasteiger partial charge in [0.1, 0.15) is 0 Å². The molecule has 19 heavy (non-hydrogen) atoms. The zero-order valence-corrected chi connectivity index (χ0v) is 11.0. The molecular weight excluding hydrogens is 265 g/mol. The van der Waals surface area contributed by atoms with Crippen molar-refractivity contribution < 1.29 is 22.0 Å². The zero-order chi connectivity index (χ0) is 14.7. The Morgan fingerprint density at radius 2 is 1.26 bits per heavy atom. The van der Waals surface area contributed by atoms with Gasteiger partial charge < -0.3 is 5.32 Å². The summed E-state index contributed by atoms with van der Waals surface area (Å²) in [5, 5.41) is 2.80. The first kappa shape index (κ1) is 15.9. The van der Waals surface area contributed by atoms with Crippen molar-refractivity contribution in [3.63, 3.8) is 0 Å². The van der Waals surface area contributed by atoms with E-state index in [1.165, 1.54) is 0 Å².